The SMILES string of the molecule is CCC1CCCC(NC(=O)c2ccccc2I)C1. The third-order valence-corrected chi connectivity index (χ3v) is 4.75. The highest BCUT2D eigenvalue weighted by Gasteiger charge is 2.22. The Labute approximate surface area is 123 Å². The Morgan fingerprint density at radius 1 is 1.39 bits per heavy atom. The molecule has 3 heteroatoms. The standard InChI is InChI=1S/C15H20INO/c1-2-11-6-5-7-12(10-11)17-15(18)13-8-3-4-9-14(13)16/h3-4,8-9,11-12H,2,5-7,10H2,1H3,(H,17,18). The lowest BCUT2D eigenvalue weighted by atomic mass is 9.84. The van der Waals surface area contributed by atoms with E-state index in [2.05, 4.69) is 34.8 Å². The highest BCUT2D eigenvalue weighted by Crippen LogP contribution is 2.26. The van der Waals surface area contributed by atoms with Crippen LogP contribution in [-0.2, 0) is 0 Å². The van der Waals surface area contributed by atoms with E-state index in [0.29, 0.717) is 6.04 Å². The summed E-state index contributed by atoms with van der Waals surface area (Å²) in [4.78, 5) is 12.2. The van der Waals surface area contributed by atoms with Crippen molar-refractivity contribution >= 4 is 28.5 Å². The first-order chi connectivity index (χ1) is 8.70. The van der Waals surface area contributed by atoms with Crippen molar-refractivity contribution in [1.82, 2.24) is 5.32 Å². The molecule has 2 unspecified atom stereocenters. The first-order valence-corrected chi connectivity index (χ1v) is 7.84. The second-order valence-electron chi connectivity index (χ2n) is 5.09. The van der Waals surface area contributed by atoms with Gasteiger partial charge in [0.1, 0.15) is 0 Å². The normalized spacial score (nSPS) is 23.7. The van der Waals surface area contributed by atoms with Gasteiger partial charge in [-0.05, 0) is 53.5 Å². The Morgan fingerprint density at radius 2 is 2.17 bits per heavy atom. The van der Waals surface area contributed by atoms with Gasteiger partial charge in [-0.25, -0.2) is 0 Å². The molecule has 0 saturated heterocycles. The highest BCUT2D eigenvalue weighted by atomic mass is 127. The van der Waals surface area contributed by atoms with E-state index in [0.717, 1.165) is 27.9 Å². The Hall–Kier alpha value is -0.580. The van der Waals surface area contributed by atoms with Crippen LogP contribution in [0.2, 0.25) is 0 Å². The molecule has 2 atom stereocenters. The van der Waals surface area contributed by atoms with Gasteiger partial charge in [-0.15, -0.1) is 0 Å². The predicted octanol–water partition coefficient (Wildman–Crippen LogP) is 3.99. The fourth-order valence-corrected chi connectivity index (χ4v) is 3.33. The average molecular weight is 357 g/mol. The molecule has 0 bridgehead atoms. The lowest BCUT2D eigenvalue weighted by Crippen LogP contribution is -2.38. The van der Waals surface area contributed by atoms with Gasteiger partial charge in [-0.1, -0.05) is 38.3 Å². The van der Waals surface area contributed by atoms with Crippen LogP contribution in [0.25, 0.3) is 0 Å². The topological polar surface area (TPSA) is 29.1 Å². The van der Waals surface area contributed by atoms with Gasteiger partial charge in [0.05, 0.1) is 5.56 Å². The van der Waals surface area contributed by atoms with E-state index < -0.39 is 0 Å². The molecule has 0 heterocycles. The third kappa shape index (κ3) is 3.46. The number of hydrogen-bond acceptors (Lipinski definition) is 1. The van der Waals surface area contributed by atoms with Crippen LogP contribution in [0.1, 0.15) is 49.4 Å². The molecule has 2 nitrogen and oxygen atoms in total. The van der Waals surface area contributed by atoms with Crippen LogP contribution in [0.3, 0.4) is 0 Å². The molecular weight excluding hydrogens is 337 g/mol. The van der Waals surface area contributed by atoms with Crippen molar-refractivity contribution in [3.63, 3.8) is 0 Å². The number of amides is 1. The number of halogens is 1. The van der Waals surface area contributed by atoms with E-state index in [9.17, 15) is 4.79 Å². The first kappa shape index (κ1) is 13.8. The smallest absolute Gasteiger partial charge is 0.252 e. The van der Waals surface area contributed by atoms with Crippen molar-refractivity contribution in [1.29, 1.82) is 0 Å². The lowest BCUT2D eigenvalue weighted by molar-refractivity contribution is 0.0918. The molecule has 2 rings (SSSR count). The van der Waals surface area contributed by atoms with E-state index in [1.54, 1.807) is 0 Å². The summed E-state index contributed by atoms with van der Waals surface area (Å²) in [6.45, 7) is 2.25. The summed E-state index contributed by atoms with van der Waals surface area (Å²) in [5.41, 5.74) is 0.803. The molecule has 1 fully saturated rings. The Kier molecular flexibility index (Phi) is 5.03. The zero-order chi connectivity index (χ0) is 13.0. The van der Waals surface area contributed by atoms with Crippen molar-refractivity contribution in [3.8, 4) is 0 Å². The second-order valence-corrected chi connectivity index (χ2v) is 6.25. The van der Waals surface area contributed by atoms with Crippen LogP contribution in [0, 0.1) is 9.49 Å². The quantitative estimate of drug-likeness (QED) is 0.815. The van der Waals surface area contributed by atoms with Crippen LogP contribution < -0.4 is 5.32 Å². The zero-order valence-corrected chi connectivity index (χ0v) is 12.9. The largest absolute Gasteiger partial charge is 0.349 e. The molecule has 1 saturated carbocycles. The van der Waals surface area contributed by atoms with E-state index in [1.165, 1.54) is 19.3 Å². The molecule has 1 aromatic rings. The summed E-state index contributed by atoms with van der Waals surface area (Å²) in [7, 11) is 0. The molecule has 1 N–H and O–H groups in total. The molecule has 0 spiro atoms. The Morgan fingerprint density at radius 3 is 2.89 bits per heavy atom. The molecule has 1 aliphatic rings. The summed E-state index contributed by atoms with van der Waals surface area (Å²) in [5.74, 6) is 0.876. The van der Waals surface area contributed by atoms with Gasteiger partial charge in [0.2, 0.25) is 0 Å². The van der Waals surface area contributed by atoms with Crippen molar-refractivity contribution in [2.45, 2.75) is 45.1 Å². The molecule has 1 aromatic carbocycles. The molecule has 0 radical (unpaired) electrons. The van der Waals surface area contributed by atoms with Gasteiger partial charge in [-0.2, -0.15) is 0 Å². The molecule has 0 aliphatic heterocycles. The van der Waals surface area contributed by atoms with Crippen LogP contribution in [-0.4, -0.2) is 11.9 Å². The van der Waals surface area contributed by atoms with Crippen molar-refractivity contribution < 1.29 is 4.79 Å². The molecule has 18 heavy (non-hydrogen) atoms. The van der Waals surface area contributed by atoms with Crippen LogP contribution in [0.4, 0.5) is 0 Å². The van der Waals surface area contributed by atoms with Crippen LogP contribution in [0.5, 0.6) is 0 Å². The minimum Gasteiger partial charge on any atom is -0.349 e. The van der Waals surface area contributed by atoms with Gasteiger partial charge in [0.15, 0.2) is 0 Å². The number of nitrogens with one attached hydrogen (secondary N) is 1. The Bertz CT molecular complexity index is 419. The summed E-state index contributed by atoms with van der Waals surface area (Å²) in [6.07, 6.45) is 6.08. The monoisotopic (exact) mass is 357 g/mol. The molecule has 1 aliphatic carbocycles. The number of hydrogen-bond donors (Lipinski definition) is 1. The van der Waals surface area contributed by atoms with E-state index >= 15 is 0 Å². The third-order valence-electron chi connectivity index (χ3n) is 3.81. The fourth-order valence-electron chi connectivity index (χ4n) is 2.70. The van der Waals surface area contributed by atoms with Gasteiger partial charge < -0.3 is 5.32 Å². The number of rotatable bonds is 3. The molecule has 1 amide bonds. The summed E-state index contributed by atoms with van der Waals surface area (Å²) in [6, 6.07) is 8.13. The maximum Gasteiger partial charge on any atom is 0.252 e. The fraction of sp³-hybridized carbons (Fsp3) is 0.533. The van der Waals surface area contributed by atoms with Crippen molar-refractivity contribution in [2.24, 2.45) is 5.92 Å². The summed E-state index contributed by atoms with van der Waals surface area (Å²) < 4.78 is 1.02. The van der Waals surface area contributed by atoms with Gasteiger partial charge in [0.25, 0.3) is 5.91 Å². The first-order valence-electron chi connectivity index (χ1n) is 6.76. The zero-order valence-electron chi connectivity index (χ0n) is 10.8. The number of carbonyl (C=O) groups is 1. The van der Waals surface area contributed by atoms with E-state index in [1.807, 2.05) is 24.3 Å². The van der Waals surface area contributed by atoms with Crippen LogP contribution in [0.15, 0.2) is 24.3 Å². The minimum atomic E-state index is 0.0850. The molecular formula is C15H20INO. The van der Waals surface area contributed by atoms with E-state index in [-0.39, 0.29) is 5.91 Å². The average Bonchev–Trinajstić information content (AvgIpc) is 2.39. The number of benzene rings is 1. The van der Waals surface area contributed by atoms with E-state index in [4.69, 9.17) is 0 Å². The maximum absolute atomic E-state index is 12.2. The molecule has 98 valence electrons. The summed E-state index contributed by atoms with van der Waals surface area (Å²) >= 11 is 2.22. The van der Waals surface area contributed by atoms with Gasteiger partial charge >= 0.3 is 0 Å². The van der Waals surface area contributed by atoms with Crippen molar-refractivity contribution in [2.75, 3.05) is 0 Å². The van der Waals surface area contributed by atoms with Crippen molar-refractivity contribution in [3.05, 3.63) is 33.4 Å². The van der Waals surface area contributed by atoms with Gasteiger partial charge in [0, 0.05) is 9.61 Å². The molecule has 0 aromatic heterocycles. The predicted molar refractivity (Wildman–Crippen MR) is 82.7 cm³/mol. The summed E-state index contributed by atoms with van der Waals surface area (Å²) in [5, 5.41) is 3.20. The van der Waals surface area contributed by atoms with Gasteiger partial charge in [-0.3, -0.25) is 4.79 Å². The number of carbonyl (C=O) groups excluding carboxylic acids is 1. The lowest BCUT2D eigenvalue weighted by Gasteiger charge is -2.29. The minimum absolute atomic E-state index is 0.0850. The second kappa shape index (κ2) is 6.55. The highest BCUT2D eigenvalue weighted by molar-refractivity contribution is 14.1. The van der Waals surface area contributed by atoms with Crippen LogP contribution >= 0.6 is 22.6 Å². The Balaban J connectivity index is 1.97. The maximum atomic E-state index is 12.2.